The van der Waals surface area contributed by atoms with Crippen LogP contribution in [0.3, 0.4) is 0 Å². The number of aromatic nitrogens is 5. The predicted molar refractivity (Wildman–Crippen MR) is 103 cm³/mol. The quantitative estimate of drug-likeness (QED) is 0.703. The van der Waals surface area contributed by atoms with Crippen LogP contribution in [0.15, 0.2) is 48.0 Å². The largest absolute Gasteiger partial charge is 0.305 e. The van der Waals surface area contributed by atoms with Crippen molar-refractivity contribution >= 4 is 0 Å². The van der Waals surface area contributed by atoms with E-state index in [0.29, 0.717) is 24.6 Å². The van der Waals surface area contributed by atoms with Gasteiger partial charge in [0.25, 0.3) is 5.56 Å². The first kappa shape index (κ1) is 17.4. The molecule has 1 aliphatic heterocycles. The number of fused-ring (bicyclic) bond motifs is 1. The fraction of sp³-hybridized carbons (Fsp3) is 0.300. The molecule has 0 radical (unpaired) electrons. The monoisotopic (exact) mass is 362 g/mol. The van der Waals surface area contributed by atoms with Gasteiger partial charge in [0.05, 0.1) is 24.0 Å². The van der Waals surface area contributed by atoms with Crippen LogP contribution in [0.1, 0.15) is 22.5 Å². The first-order valence-corrected chi connectivity index (χ1v) is 9.03. The molecule has 138 valence electrons. The van der Waals surface area contributed by atoms with Crippen LogP contribution >= 0.6 is 0 Å². The molecular weight excluding hydrogens is 340 g/mol. The number of nitrogens with zero attached hydrogens (tertiary/aromatic N) is 5. The second-order valence-corrected chi connectivity index (χ2v) is 6.74. The Balaban J connectivity index is 1.55. The van der Waals surface area contributed by atoms with Crippen LogP contribution < -0.4 is 5.56 Å². The summed E-state index contributed by atoms with van der Waals surface area (Å²) < 4.78 is 1.94. The molecule has 0 atom stereocenters. The van der Waals surface area contributed by atoms with Crippen molar-refractivity contribution in [3.05, 3.63) is 76.1 Å². The number of H-pyrrole nitrogens is 1. The van der Waals surface area contributed by atoms with Crippen molar-refractivity contribution in [2.24, 2.45) is 0 Å². The zero-order valence-corrected chi connectivity index (χ0v) is 15.4. The Morgan fingerprint density at radius 2 is 2.26 bits per heavy atom. The van der Waals surface area contributed by atoms with Crippen LogP contribution in [0.25, 0.3) is 11.5 Å². The third kappa shape index (κ3) is 3.46. The second-order valence-electron chi connectivity index (χ2n) is 6.74. The summed E-state index contributed by atoms with van der Waals surface area (Å²) in [5.41, 5.74) is 4.54. The van der Waals surface area contributed by atoms with E-state index in [1.807, 2.05) is 35.2 Å². The maximum Gasteiger partial charge on any atom is 0.255 e. The average molecular weight is 362 g/mol. The Bertz CT molecular complexity index is 1020. The van der Waals surface area contributed by atoms with Gasteiger partial charge in [0.2, 0.25) is 0 Å². The molecule has 7 heteroatoms. The molecule has 0 aromatic carbocycles. The van der Waals surface area contributed by atoms with Gasteiger partial charge in [-0.1, -0.05) is 12.1 Å². The van der Waals surface area contributed by atoms with Gasteiger partial charge in [-0.25, -0.2) is 4.98 Å². The molecular formula is C20H22N6O. The highest BCUT2D eigenvalue weighted by atomic mass is 16.1. The number of nitrogens with one attached hydrogen (secondary N) is 1. The molecule has 0 bridgehead atoms. The summed E-state index contributed by atoms with van der Waals surface area (Å²) in [7, 11) is 0. The first-order chi connectivity index (χ1) is 13.2. The highest BCUT2D eigenvalue weighted by Crippen LogP contribution is 2.20. The number of rotatable bonds is 5. The first-order valence-electron chi connectivity index (χ1n) is 9.03. The Labute approximate surface area is 157 Å². The van der Waals surface area contributed by atoms with Crippen molar-refractivity contribution in [2.45, 2.75) is 33.0 Å². The summed E-state index contributed by atoms with van der Waals surface area (Å²) in [6.07, 6.45) is 6.19. The van der Waals surface area contributed by atoms with Gasteiger partial charge in [-0.2, -0.15) is 5.10 Å². The minimum Gasteiger partial charge on any atom is -0.305 e. The maximum atomic E-state index is 12.6. The molecule has 1 N–H and O–H groups in total. The maximum absolute atomic E-state index is 12.6. The zero-order valence-electron chi connectivity index (χ0n) is 15.4. The van der Waals surface area contributed by atoms with Crippen molar-refractivity contribution in [1.29, 1.82) is 0 Å². The van der Waals surface area contributed by atoms with E-state index in [-0.39, 0.29) is 5.56 Å². The molecule has 4 rings (SSSR count). The summed E-state index contributed by atoms with van der Waals surface area (Å²) in [6.45, 7) is 8.75. The van der Waals surface area contributed by atoms with E-state index >= 15 is 0 Å². The Kier molecular flexibility index (Phi) is 4.68. The van der Waals surface area contributed by atoms with Gasteiger partial charge >= 0.3 is 0 Å². The van der Waals surface area contributed by atoms with Gasteiger partial charge in [0.15, 0.2) is 5.82 Å². The highest BCUT2D eigenvalue weighted by Gasteiger charge is 2.22. The van der Waals surface area contributed by atoms with Gasteiger partial charge in [-0.3, -0.25) is 19.4 Å². The van der Waals surface area contributed by atoms with Gasteiger partial charge < -0.3 is 4.98 Å². The fourth-order valence-corrected chi connectivity index (χ4v) is 3.43. The lowest BCUT2D eigenvalue weighted by Gasteiger charge is -2.27. The zero-order chi connectivity index (χ0) is 18.8. The molecule has 0 aliphatic carbocycles. The van der Waals surface area contributed by atoms with Gasteiger partial charge in [-0.05, 0) is 19.1 Å². The fourth-order valence-electron chi connectivity index (χ4n) is 3.43. The van der Waals surface area contributed by atoms with Gasteiger partial charge in [0.1, 0.15) is 5.69 Å². The number of hydrogen-bond donors (Lipinski definition) is 1. The second kappa shape index (κ2) is 7.28. The minimum atomic E-state index is -0.0792. The summed E-state index contributed by atoms with van der Waals surface area (Å²) in [4.78, 5) is 26.7. The molecule has 27 heavy (non-hydrogen) atoms. The van der Waals surface area contributed by atoms with E-state index < -0.39 is 0 Å². The van der Waals surface area contributed by atoms with Crippen LogP contribution in [-0.4, -0.2) is 36.2 Å². The molecule has 0 saturated heterocycles. The van der Waals surface area contributed by atoms with Gasteiger partial charge in [-0.15, -0.1) is 6.58 Å². The molecule has 7 nitrogen and oxygen atoms in total. The van der Waals surface area contributed by atoms with Crippen molar-refractivity contribution in [1.82, 2.24) is 29.6 Å². The topological polar surface area (TPSA) is 79.7 Å². The van der Waals surface area contributed by atoms with Gasteiger partial charge in [0, 0.05) is 43.5 Å². The molecule has 1 aliphatic rings. The van der Waals surface area contributed by atoms with Crippen molar-refractivity contribution in [2.75, 3.05) is 6.54 Å². The predicted octanol–water partition coefficient (Wildman–Crippen LogP) is 2.08. The van der Waals surface area contributed by atoms with E-state index in [2.05, 4.69) is 38.5 Å². The van der Waals surface area contributed by atoms with Crippen LogP contribution in [0.2, 0.25) is 0 Å². The van der Waals surface area contributed by atoms with E-state index in [0.717, 1.165) is 36.5 Å². The summed E-state index contributed by atoms with van der Waals surface area (Å²) in [6, 6.07) is 5.58. The Morgan fingerprint density at radius 3 is 3.04 bits per heavy atom. The van der Waals surface area contributed by atoms with Crippen LogP contribution in [0.4, 0.5) is 0 Å². The summed E-state index contributed by atoms with van der Waals surface area (Å²) in [5.74, 6) is 0.536. The standard InChI is InChI=1S/C20H22N6O/c1-3-9-26-14(2)15(11-22-26)12-25-10-7-17-16(13-25)20(27)24-19(23-17)18-6-4-5-8-21-18/h3-6,8,11H,1,7,9-10,12-13H2,2H3,(H,23,24,27). The molecule has 0 saturated carbocycles. The van der Waals surface area contributed by atoms with E-state index in [1.165, 1.54) is 5.56 Å². The van der Waals surface area contributed by atoms with E-state index in [1.54, 1.807) is 6.20 Å². The summed E-state index contributed by atoms with van der Waals surface area (Å²) >= 11 is 0. The smallest absolute Gasteiger partial charge is 0.255 e. The SMILES string of the molecule is C=CCn1ncc(CN2CCc3nc(-c4ccccn4)[nH]c(=O)c3C2)c1C. The van der Waals surface area contributed by atoms with Crippen LogP contribution in [0, 0.1) is 6.92 Å². The van der Waals surface area contributed by atoms with Crippen molar-refractivity contribution in [3.8, 4) is 11.5 Å². The Morgan fingerprint density at radius 1 is 1.37 bits per heavy atom. The average Bonchev–Trinajstić information content (AvgIpc) is 3.03. The Hall–Kier alpha value is -3.06. The number of aromatic amines is 1. The van der Waals surface area contributed by atoms with Crippen molar-refractivity contribution in [3.63, 3.8) is 0 Å². The number of hydrogen-bond acceptors (Lipinski definition) is 5. The third-order valence-corrected chi connectivity index (χ3v) is 4.96. The summed E-state index contributed by atoms with van der Waals surface area (Å²) in [5, 5.41) is 4.41. The molecule has 0 spiro atoms. The van der Waals surface area contributed by atoms with Crippen molar-refractivity contribution < 1.29 is 0 Å². The third-order valence-electron chi connectivity index (χ3n) is 4.96. The lowest BCUT2D eigenvalue weighted by molar-refractivity contribution is 0.241. The number of pyridine rings is 1. The molecule has 4 heterocycles. The van der Waals surface area contributed by atoms with E-state index in [4.69, 9.17) is 0 Å². The molecule has 3 aromatic heterocycles. The molecule has 0 fully saturated rings. The highest BCUT2D eigenvalue weighted by molar-refractivity contribution is 5.49. The molecule has 0 amide bonds. The number of allylic oxidation sites excluding steroid dienone is 1. The minimum absolute atomic E-state index is 0.0792. The normalized spacial score (nSPS) is 14.1. The molecule has 3 aromatic rings. The van der Waals surface area contributed by atoms with Crippen LogP contribution in [0.5, 0.6) is 0 Å². The van der Waals surface area contributed by atoms with E-state index in [9.17, 15) is 4.79 Å². The lowest BCUT2D eigenvalue weighted by Crippen LogP contribution is -2.35. The van der Waals surface area contributed by atoms with Crippen LogP contribution in [-0.2, 0) is 26.1 Å². The lowest BCUT2D eigenvalue weighted by atomic mass is 10.1. The molecule has 0 unspecified atom stereocenters.